The molecular weight excluding hydrogens is 336 g/mol. The van der Waals surface area contributed by atoms with Gasteiger partial charge in [-0.3, -0.25) is 4.68 Å². The molecule has 0 radical (unpaired) electrons. The van der Waals surface area contributed by atoms with Crippen LogP contribution in [0.15, 0.2) is 22.7 Å². The molecule has 0 aliphatic heterocycles. The van der Waals surface area contributed by atoms with Crippen molar-refractivity contribution in [3.63, 3.8) is 0 Å². The van der Waals surface area contributed by atoms with Gasteiger partial charge in [0.1, 0.15) is 6.61 Å². The van der Waals surface area contributed by atoms with Crippen LogP contribution in [0.3, 0.4) is 0 Å². The van der Waals surface area contributed by atoms with E-state index in [2.05, 4.69) is 21.0 Å². The normalized spacial score (nSPS) is 12.3. The van der Waals surface area contributed by atoms with Crippen molar-refractivity contribution in [3.05, 3.63) is 39.6 Å². The molecule has 1 aromatic carbocycles. The van der Waals surface area contributed by atoms with E-state index in [0.29, 0.717) is 18.1 Å². The van der Waals surface area contributed by atoms with Gasteiger partial charge in [-0.25, -0.2) is 0 Å². The van der Waals surface area contributed by atoms with E-state index < -0.39 is 6.10 Å². The average molecular weight is 355 g/mol. The van der Waals surface area contributed by atoms with E-state index in [0.717, 1.165) is 21.4 Å². The second-order valence-electron chi connectivity index (χ2n) is 4.84. The van der Waals surface area contributed by atoms with E-state index in [1.165, 1.54) is 0 Å². The number of halogens is 1. The highest BCUT2D eigenvalue weighted by Gasteiger charge is 2.13. The number of hydrogen-bond acceptors (Lipinski definition) is 4. The molecule has 1 atom stereocenters. The Labute approximate surface area is 132 Å². The lowest BCUT2D eigenvalue weighted by atomic mass is 10.1. The highest BCUT2D eigenvalue weighted by molar-refractivity contribution is 9.10. The van der Waals surface area contributed by atoms with Gasteiger partial charge in [0.05, 0.1) is 29.1 Å². The number of aliphatic hydroxyl groups excluding tert-OH is 1. The Kier molecular flexibility index (Phi) is 4.90. The molecule has 0 bridgehead atoms. The molecule has 2 rings (SSSR count). The van der Waals surface area contributed by atoms with Crippen molar-refractivity contribution >= 4 is 15.9 Å². The summed E-state index contributed by atoms with van der Waals surface area (Å²) in [4.78, 5) is 0. The van der Waals surface area contributed by atoms with Crippen LogP contribution in [-0.4, -0.2) is 22.0 Å². The number of aromatic nitrogens is 2. The maximum atomic E-state index is 9.60. The van der Waals surface area contributed by atoms with Crippen LogP contribution in [0.1, 0.15) is 30.0 Å². The number of methoxy groups -OCH3 is 1. The lowest BCUT2D eigenvalue weighted by molar-refractivity contribution is 0.198. The largest absolute Gasteiger partial charge is 0.493 e. The minimum atomic E-state index is -0.540. The number of nitrogens with zero attached hydrogens (tertiary/aromatic N) is 2. The molecular formula is C15H19BrN2O3. The molecule has 0 saturated heterocycles. The fourth-order valence-corrected chi connectivity index (χ4v) is 2.50. The van der Waals surface area contributed by atoms with Gasteiger partial charge in [0, 0.05) is 7.05 Å². The van der Waals surface area contributed by atoms with Gasteiger partial charge in [0.2, 0.25) is 0 Å². The summed E-state index contributed by atoms with van der Waals surface area (Å²) in [5, 5.41) is 13.9. The van der Waals surface area contributed by atoms with Crippen molar-refractivity contribution in [2.45, 2.75) is 26.6 Å². The molecule has 21 heavy (non-hydrogen) atoms. The Morgan fingerprint density at radius 3 is 2.62 bits per heavy atom. The summed E-state index contributed by atoms with van der Waals surface area (Å²) in [5.41, 5.74) is 2.67. The second-order valence-corrected chi connectivity index (χ2v) is 5.64. The molecule has 114 valence electrons. The molecule has 0 spiro atoms. The Balaban J connectivity index is 2.20. The molecule has 0 amide bonds. The van der Waals surface area contributed by atoms with E-state index in [4.69, 9.17) is 9.47 Å². The zero-order chi connectivity index (χ0) is 15.6. The molecule has 0 unspecified atom stereocenters. The maximum Gasteiger partial charge on any atom is 0.161 e. The summed E-state index contributed by atoms with van der Waals surface area (Å²) in [6.45, 7) is 4.03. The molecule has 5 nitrogen and oxygen atoms in total. The van der Waals surface area contributed by atoms with Gasteiger partial charge in [-0.1, -0.05) is 6.07 Å². The summed E-state index contributed by atoms with van der Waals surface area (Å²) in [5.74, 6) is 1.23. The minimum absolute atomic E-state index is 0.377. The number of aryl methyl sites for hydroxylation is 2. The van der Waals surface area contributed by atoms with E-state index in [9.17, 15) is 5.11 Å². The van der Waals surface area contributed by atoms with Crippen molar-refractivity contribution in [3.8, 4) is 11.5 Å². The Morgan fingerprint density at radius 1 is 1.38 bits per heavy atom. The lowest BCUT2D eigenvalue weighted by Crippen LogP contribution is -2.05. The van der Waals surface area contributed by atoms with E-state index in [1.807, 2.05) is 20.0 Å². The smallest absolute Gasteiger partial charge is 0.161 e. The molecule has 0 aliphatic carbocycles. The number of benzene rings is 1. The van der Waals surface area contributed by atoms with Crippen LogP contribution in [0.4, 0.5) is 0 Å². The van der Waals surface area contributed by atoms with E-state index in [-0.39, 0.29) is 0 Å². The third-order valence-electron chi connectivity index (χ3n) is 3.30. The summed E-state index contributed by atoms with van der Waals surface area (Å²) in [6, 6.07) is 5.41. The summed E-state index contributed by atoms with van der Waals surface area (Å²) < 4.78 is 13.9. The van der Waals surface area contributed by atoms with Gasteiger partial charge in [0.15, 0.2) is 11.5 Å². The standard InChI is InChI=1S/C15H19BrN2O3/c1-9-15(16)12(18(3)17-9)8-21-13-6-5-11(10(2)19)7-14(13)20-4/h5-7,10,19H,8H2,1-4H3/t10-/m1/s1. The van der Waals surface area contributed by atoms with Crippen molar-refractivity contribution in [1.29, 1.82) is 0 Å². The SMILES string of the molecule is COc1cc([C@@H](C)O)ccc1OCc1c(Br)c(C)nn1C. The van der Waals surface area contributed by atoms with Crippen LogP contribution < -0.4 is 9.47 Å². The highest BCUT2D eigenvalue weighted by Crippen LogP contribution is 2.31. The van der Waals surface area contributed by atoms with Crippen LogP contribution in [0, 0.1) is 6.92 Å². The first-order chi connectivity index (χ1) is 9.93. The predicted octanol–water partition coefficient (Wildman–Crippen LogP) is 3.13. The van der Waals surface area contributed by atoms with Crippen molar-refractivity contribution in [2.75, 3.05) is 7.11 Å². The first-order valence-corrected chi connectivity index (χ1v) is 7.40. The number of ether oxygens (including phenoxy) is 2. The third-order valence-corrected chi connectivity index (χ3v) is 4.33. The van der Waals surface area contributed by atoms with Gasteiger partial charge >= 0.3 is 0 Å². The molecule has 6 heteroatoms. The zero-order valence-corrected chi connectivity index (χ0v) is 14.1. The first kappa shape index (κ1) is 15.9. The zero-order valence-electron chi connectivity index (χ0n) is 12.6. The van der Waals surface area contributed by atoms with Gasteiger partial charge in [-0.05, 0) is 47.5 Å². The summed E-state index contributed by atoms with van der Waals surface area (Å²) in [7, 11) is 3.46. The average Bonchev–Trinajstić information content (AvgIpc) is 2.70. The van der Waals surface area contributed by atoms with Crippen LogP contribution in [0.5, 0.6) is 11.5 Å². The molecule has 2 aromatic rings. The van der Waals surface area contributed by atoms with Crippen molar-refractivity contribution in [1.82, 2.24) is 9.78 Å². The third kappa shape index (κ3) is 3.39. The number of rotatable bonds is 5. The van der Waals surface area contributed by atoms with Gasteiger partial charge in [0.25, 0.3) is 0 Å². The van der Waals surface area contributed by atoms with Gasteiger partial charge in [-0.15, -0.1) is 0 Å². The monoisotopic (exact) mass is 354 g/mol. The number of aliphatic hydroxyl groups is 1. The quantitative estimate of drug-likeness (QED) is 0.895. The second kappa shape index (κ2) is 6.49. The fourth-order valence-electron chi connectivity index (χ4n) is 2.05. The van der Waals surface area contributed by atoms with E-state index in [1.54, 1.807) is 30.8 Å². The fraction of sp³-hybridized carbons (Fsp3) is 0.400. The molecule has 0 aliphatic rings. The summed E-state index contributed by atoms with van der Waals surface area (Å²) in [6.07, 6.45) is -0.540. The van der Waals surface area contributed by atoms with Crippen molar-refractivity contribution < 1.29 is 14.6 Å². The van der Waals surface area contributed by atoms with Gasteiger partial charge < -0.3 is 14.6 Å². The Hall–Kier alpha value is -1.53. The van der Waals surface area contributed by atoms with Gasteiger partial charge in [-0.2, -0.15) is 5.10 Å². The molecule has 1 heterocycles. The Morgan fingerprint density at radius 2 is 2.10 bits per heavy atom. The first-order valence-electron chi connectivity index (χ1n) is 6.60. The Bertz CT molecular complexity index is 638. The molecule has 0 fully saturated rings. The molecule has 0 saturated carbocycles. The van der Waals surface area contributed by atoms with Crippen LogP contribution >= 0.6 is 15.9 Å². The predicted molar refractivity (Wildman–Crippen MR) is 83.6 cm³/mol. The van der Waals surface area contributed by atoms with Crippen LogP contribution in [0.25, 0.3) is 0 Å². The van der Waals surface area contributed by atoms with Crippen LogP contribution in [0.2, 0.25) is 0 Å². The summed E-state index contributed by atoms with van der Waals surface area (Å²) >= 11 is 3.51. The van der Waals surface area contributed by atoms with E-state index >= 15 is 0 Å². The molecule has 1 N–H and O–H groups in total. The highest BCUT2D eigenvalue weighted by atomic mass is 79.9. The van der Waals surface area contributed by atoms with Crippen molar-refractivity contribution in [2.24, 2.45) is 7.05 Å². The minimum Gasteiger partial charge on any atom is -0.493 e. The van der Waals surface area contributed by atoms with Crippen LogP contribution in [-0.2, 0) is 13.7 Å². The maximum absolute atomic E-state index is 9.60. The number of hydrogen-bond donors (Lipinski definition) is 1. The topological polar surface area (TPSA) is 56.5 Å². The molecule has 1 aromatic heterocycles. The lowest BCUT2D eigenvalue weighted by Gasteiger charge is -2.13.